The molecule has 0 saturated heterocycles. The van der Waals surface area contributed by atoms with Gasteiger partial charge in [0.2, 0.25) is 0 Å². The topological polar surface area (TPSA) is 92.3 Å². The van der Waals surface area contributed by atoms with Gasteiger partial charge in [0.1, 0.15) is 11.6 Å². The summed E-state index contributed by atoms with van der Waals surface area (Å²) in [6, 6.07) is 4.89. The molecule has 0 aliphatic rings. The van der Waals surface area contributed by atoms with Crippen molar-refractivity contribution < 1.29 is 33.3 Å². The zero-order valence-corrected chi connectivity index (χ0v) is 21.2. The van der Waals surface area contributed by atoms with Crippen molar-refractivity contribution >= 4 is 12.1 Å². The van der Waals surface area contributed by atoms with E-state index in [1.807, 2.05) is 32.0 Å². The summed E-state index contributed by atoms with van der Waals surface area (Å²) in [6.07, 6.45) is 0.969. The average Bonchev–Trinajstić information content (AvgIpc) is 2.73. The molecule has 8 heteroatoms. The molecule has 0 aliphatic carbocycles. The van der Waals surface area contributed by atoms with Crippen LogP contribution in [0.1, 0.15) is 53.0 Å². The maximum absolute atomic E-state index is 12.4. The van der Waals surface area contributed by atoms with E-state index in [2.05, 4.69) is 5.32 Å². The zero-order chi connectivity index (χ0) is 25.0. The fourth-order valence-electron chi connectivity index (χ4n) is 3.06. The van der Waals surface area contributed by atoms with Gasteiger partial charge >= 0.3 is 12.1 Å². The van der Waals surface area contributed by atoms with Crippen LogP contribution in [0.15, 0.2) is 29.3 Å². The highest BCUT2D eigenvalue weighted by molar-refractivity contribution is 5.81. The normalized spacial score (nSPS) is 11.9. The molecule has 0 fully saturated rings. The Hall–Kier alpha value is -2.74. The van der Waals surface area contributed by atoms with E-state index in [9.17, 15) is 9.59 Å². The van der Waals surface area contributed by atoms with Gasteiger partial charge in [0.15, 0.2) is 11.5 Å². The van der Waals surface area contributed by atoms with E-state index in [0.29, 0.717) is 37.6 Å². The maximum atomic E-state index is 12.4. The number of esters is 1. The number of methoxy groups -OCH3 is 3. The summed E-state index contributed by atoms with van der Waals surface area (Å²) >= 11 is 0. The Morgan fingerprint density at radius 1 is 1.03 bits per heavy atom. The predicted octanol–water partition coefficient (Wildman–Crippen LogP) is 4.45. The van der Waals surface area contributed by atoms with Crippen molar-refractivity contribution in [1.82, 2.24) is 5.32 Å². The molecular formula is C25H39NO7. The highest BCUT2D eigenvalue weighted by atomic mass is 16.6. The predicted molar refractivity (Wildman–Crippen MR) is 127 cm³/mol. The van der Waals surface area contributed by atoms with Crippen molar-refractivity contribution in [2.24, 2.45) is 0 Å². The summed E-state index contributed by atoms with van der Waals surface area (Å²) < 4.78 is 26.6. The molecule has 0 saturated carbocycles. The summed E-state index contributed by atoms with van der Waals surface area (Å²) in [7, 11) is 4.55. The second-order valence-corrected chi connectivity index (χ2v) is 8.89. The third-order valence-electron chi connectivity index (χ3n) is 4.73. The van der Waals surface area contributed by atoms with Crippen LogP contribution in [0.2, 0.25) is 0 Å². The molecular weight excluding hydrogens is 426 g/mol. The number of carbonyl (C=O) groups is 2. The van der Waals surface area contributed by atoms with E-state index < -0.39 is 23.7 Å². The first-order valence-electron chi connectivity index (χ1n) is 11.0. The number of nitrogens with one attached hydrogen (secondary N) is 1. The average molecular weight is 466 g/mol. The first kappa shape index (κ1) is 28.3. The van der Waals surface area contributed by atoms with Crippen molar-refractivity contribution in [3.05, 3.63) is 34.9 Å². The van der Waals surface area contributed by atoms with Gasteiger partial charge in [-0.1, -0.05) is 17.2 Å². The molecule has 1 amide bonds. The van der Waals surface area contributed by atoms with Crippen LogP contribution < -0.4 is 14.8 Å². The van der Waals surface area contributed by atoms with Crippen molar-refractivity contribution in [2.75, 3.05) is 34.5 Å². The Labute approximate surface area is 197 Å². The molecule has 0 bridgehead atoms. The van der Waals surface area contributed by atoms with Gasteiger partial charge in [-0.3, -0.25) is 0 Å². The van der Waals surface area contributed by atoms with Crippen LogP contribution in [0.5, 0.6) is 11.5 Å². The molecule has 186 valence electrons. The number of ether oxygens (including phenoxy) is 5. The Morgan fingerprint density at radius 2 is 1.73 bits per heavy atom. The molecule has 1 N–H and O–H groups in total. The quantitative estimate of drug-likeness (QED) is 0.277. The maximum Gasteiger partial charge on any atom is 0.408 e. The first-order valence-corrected chi connectivity index (χ1v) is 11.0. The Kier molecular flexibility index (Phi) is 11.8. The van der Waals surface area contributed by atoms with E-state index in [-0.39, 0.29) is 0 Å². The fourth-order valence-corrected chi connectivity index (χ4v) is 3.06. The SMILES string of the molecule is COCCCOc1cc(CC(C[C@H](NC(=O)OC(C)(C)C)C(=O)OC)=C(C)C)ccc1OC. The lowest BCUT2D eigenvalue weighted by Crippen LogP contribution is -2.44. The fraction of sp³-hybridized carbons (Fsp3) is 0.600. The van der Waals surface area contributed by atoms with Gasteiger partial charge in [0.05, 0.1) is 20.8 Å². The number of allylic oxidation sites excluding steroid dienone is 1. The molecule has 33 heavy (non-hydrogen) atoms. The van der Waals surface area contributed by atoms with Crippen LogP contribution in [-0.2, 0) is 25.4 Å². The molecule has 1 atom stereocenters. The van der Waals surface area contributed by atoms with Crippen LogP contribution in [0.3, 0.4) is 0 Å². The number of benzene rings is 1. The molecule has 0 radical (unpaired) electrons. The van der Waals surface area contributed by atoms with Crippen LogP contribution in [-0.4, -0.2) is 58.2 Å². The number of hydrogen-bond donors (Lipinski definition) is 1. The van der Waals surface area contributed by atoms with Crippen molar-refractivity contribution in [2.45, 2.75) is 65.5 Å². The summed E-state index contributed by atoms with van der Waals surface area (Å²) in [5.74, 6) is 0.765. The van der Waals surface area contributed by atoms with Crippen LogP contribution in [0.25, 0.3) is 0 Å². The first-order chi connectivity index (χ1) is 15.5. The second-order valence-electron chi connectivity index (χ2n) is 8.89. The molecule has 0 spiro atoms. The number of alkyl carbamates (subject to hydrolysis) is 1. The summed E-state index contributed by atoms with van der Waals surface area (Å²) in [6.45, 7) is 10.4. The number of rotatable bonds is 12. The van der Waals surface area contributed by atoms with Crippen molar-refractivity contribution in [3.63, 3.8) is 0 Å². The summed E-state index contributed by atoms with van der Waals surface area (Å²) in [5.41, 5.74) is 2.37. The standard InChI is InChI=1S/C25H39NO7/c1-17(2)19(16-20(23(27)31-8)26-24(28)33-25(3,4)5)14-18-10-11-21(30-7)22(15-18)32-13-9-12-29-6/h10-11,15,20H,9,12-14,16H2,1-8H3,(H,26,28)/t20-/m0/s1. The lowest BCUT2D eigenvalue weighted by Gasteiger charge is -2.23. The molecule has 0 aromatic heterocycles. The molecule has 0 heterocycles. The van der Waals surface area contributed by atoms with Gasteiger partial charge < -0.3 is 29.0 Å². The number of carbonyl (C=O) groups excluding carboxylic acids is 2. The Morgan fingerprint density at radius 3 is 2.27 bits per heavy atom. The largest absolute Gasteiger partial charge is 0.493 e. The lowest BCUT2D eigenvalue weighted by atomic mass is 9.95. The molecule has 8 nitrogen and oxygen atoms in total. The van der Waals surface area contributed by atoms with Gasteiger partial charge in [-0.15, -0.1) is 0 Å². The Balaban J connectivity index is 3.02. The van der Waals surface area contributed by atoms with Crippen LogP contribution >= 0.6 is 0 Å². The zero-order valence-electron chi connectivity index (χ0n) is 21.2. The highest BCUT2D eigenvalue weighted by Crippen LogP contribution is 2.30. The smallest absolute Gasteiger partial charge is 0.408 e. The van der Waals surface area contributed by atoms with E-state index in [1.54, 1.807) is 35.0 Å². The third kappa shape index (κ3) is 10.6. The van der Waals surface area contributed by atoms with Gasteiger partial charge in [-0.25, -0.2) is 9.59 Å². The number of hydrogen-bond acceptors (Lipinski definition) is 7. The molecule has 1 aromatic rings. The van der Waals surface area contributed by atoms with Gasteiger partial charge in [-0.2, -0.15) is 0 Å². The molecule has 0 aliphatic heterocycles. The van der Waals surface area contributed by atoms with Crippen molar-refractivity contribution in [3.8, 4) is 11.5 Å². The lowest BCUT2D eigenvalue weighted by molar-refractivity contribution is -0.143. The van der Waals surface area contributed by atoms with Crippen LogP contribution in [0.4, 0.5) is 4.79 Å². The third-order valence-corrected chi connectivity index (χ3v) is 4.73. The molecule has 0 unspecified atom stereocenters. The van der Waals surface area contributed by atoms with E-state index in [4.69, 9.17) is 23.7 Å². The minimum atomic E-state index is -0.863. The molecule has 1 rings (SSSR count). The summed E-state index contributed by atoms with van der Waals surface area (Å²) in [4.78, 5) is 24.6. The van der Waals surface area contributed by atoms with E-state index >= 15 is 0 Å². The van der Waals surface area contributed by atoms with Gasteiger partial charge in [-0.05, 0) is 58.7 Å². The van der Waals surface area contributed by atoms with Gasteiger partial charge in [0.25, 0.3) is 0 Å². The van der Waals surface area contributed by atoms with Gasteiger partial charge in [0, 0.05) is 26.6 Å². The monoisotopic (exact) mass is 465 g/mol. The summed E-state index contributed by atoms with van der Waals surface area (Å²) in [5, 5.41) is 2.64. The molecule has 1 aromatic carbocycles. The minimum absolute atomic E-state index is 0.296. The van der Waals surface area contributed by atoms with E-state index in [0.717, 1.165) is 23.1 Å². The number of amides is 1. The van der Waals surface area contributed by atoms with Crippen molar-refractivity contribution in [1.29, 1.82) is 0 Å². The highest BCUT2D eigenvalue weighted by Gasteiger charge is 2.26. The Bertz CT molecular complexity index is 807. The minimum Gasteiger partial charge on any atom is -0.493 e. The van der Waals surface area contributed by atoms with Crippen LogP contribution in [0, 0.1) is 0 Å². The van der Waals surface area contributed by atoms with E-state index in [1.165, 1.54) is 7.11 Å². The second kappa shape index (κ2) is 13.7.